The molecule has 2 aromatic rings. The highest BCUT2D eigenvalue weighted by Gasteiger charge is 2.21. The van der Waals surface area contributed by atoms with Crippen LogP contribution >= 0.6 is 11.3 Å². The van der Waals surface area contributed by atoms with Crippen LogP contribution in [0.5, 0.6) is 0 Å². The highest BCUT2D eigenvalue weighted by atomic mass is 32.1. The van der Waals surface area contributed by atoms with Crippen LogP contribution in [0.4, 0.5) is 5.69 Å². The average molecular weight is 277 g/mol. The molecule has 0 spiro atoms. The van der Waals surface area contributed by atoms with Gasteiger partial charge in [0.15, 0.2) is 0 Å². The van der Waals surface area contributed by atoms with Crippen molar-refractivity contribution in [3.05, 3.63) is 23.3 Å². The van der Waals surface area contributed by atoms with Gasteiger partial charge >= 0.3 is 0 Å². The Balaban J connectivity index is 2.37. The summed E-state index contributed by atoms with van der Waals surface area (Å²) in [5, 5.41) is 0.920. The van der Waals surface area contributed by atoms with Crippen LogP contribution in [0.3, 0.4) is 0 Å². The first-order valence-corrected chi connectivity index (χ1v) is 7.27. The SMILES string of the molecule is CCN(CC(C)C)C(=O)c1sc2cnccc2c1N. The Morgan fingerprint density at radius 1 is 1.53 bits per heavy atom. The van der Waals surface area contributed by atoms with E-state index in [1.165, 1.54) is 11.3 Å². The second kappa shape index (κ2) is 5.57. The molecule has 5 heteroatoms. The predicted molar refractivity (Wildman–Crippen MR) is 80.4 cm³/mol. The van der Waals surface area contributed by atoms with Crippen molar-refractivity contribution in [1.29, 1.82) is 0 Å². The van der Waals surface area contributed by atoms with Gasteiger partial charge in [0.2, 0.25) is 0 Å². The number of fused-ring (bicyclic) bond motifs is 1. The lowest BCUT2D eigenvalue weighted by atomic mass is 10.2. The molecule has 0 aliphatic carbocycles. The minimum absolute atomic E-state index is 0.0231. The first-order valence-electron chi connectivity index (χ1n) is 6.45. The standard InChI is InChI=1S/C14H19N3OS/c1-4-17(8-9(2)3)14(18)13-12(15)10-5-6-16-7-11(10)19-13/h5-7,9H,4,8,15H2,1-3H3. The Morgan fingerprint density at radius 2 is 2.26 bits per heavy atom. The lowest BCUT2D eigenvalue weighted by molar-refractivity contribution is 0.0751. The van der Waals surface area contributed by atoms with Crippen LogP contribution < -0.4 is 5.73 Å². The van der Waals surface area contributed by atoms with Crippen molar-refractivity contribution in [2.24, 2.45) is 5.92 Å². The van der Waals surface area contributed by atoms with E-state index >= 15 is 0 Å². The van der Waals surface area contributed by atoms with E-state index in [1.54, 1.807) is 12.4 Å². The molecule has 2 N–H and O–H groups in total. The molecule has 0 fully saturated rings. The summed E-state index contributed by atoms with van der Waals surface area (Å²) in [7, 11) is 0. The number of nitrogen functional groups attached to an aromatic ring is 1. The largest absolute Gasteiger partial charge is 0.397 e. The normalized spacial score (nSPS) is 11.2. The third-order valence-electron chi connectivity index (χ3n) is 2.98. The van der Waals surface area contributed by atoms with Crippen molar-refractivity contribution in [3.63, 3.8) is 0 Å². The van der Waals surface area contributed by atoms with Gasteiger partial charge in [0.1, 0.15) is 4.88 Å². The fourth-order valence-electron chi connectivity index (χ4n) is 2.07. The van der Waals surface area contributed by atoms with Gasteiger partial charge in [-0.1, -0.05) is 13.8 Å². The minimum Gasteiger partial charge on any atom is -0.397 e. The van der Waals surface area contributed by atoms with Crippen molar-refractivity contribution in [3.8, 4) is 0 Å². The second-order valence-electron chi connectivity index (χ2n) is 4.95. The number of hydrogen-bond acceptors (Lipinski definition) is 4. The van der Waals surface area contributed by atoms with Crippen LogP contribution in [-0.2, 0) is 0 Å². The number of aromatic nitrogens is 1. The average Bonchev–Trinajstić information content (AvgIpc) is 2.73. The van der Waals surface area contributed by atoms with Crippen LogP contribution in [0.2, 0.25) is 0 Å². The van der Waals surface area contributed by atoms with Gasteiger partial charge in [0.05, 0.1) is 10.4 Å². The van der Waals surface area contributed by atoms with Gasteiger partial charge in [-0.25, -0.2) is 0 Å². The molecular weight excluding hydrogens is 258 g/mol. The summed E-state index contributed by atoms with van der Waals surface area (Å²) >= 11 is 1.42. The summed E-state index contributed by atoms with van der Waals surface area (Å²) in [6, 6.07) is 1.86. The quantitative estimate of drug-likeness (QED) is 0.934. The first kappa shape index (κ1) is 13.8. The third kappa shape index (κ3) is 2.71. The number of nitrogens with two attached hydrogens (primary N) is 1. The molecular formula is C14H19N3OS. The zero-order valence-corrected chi connectivity index (χ0v) is 12.3. The number of anilines is 1. The molecule has 2 aromatic heterocycles. The second-order valence-corrected chi connectivity index (χ2v) is 6.01. The fourth-order valence-corrected chi connectivity index (χ4v) is 3.13. The van der Waals surface area contributed by atoms with Gasteiger partial charge in [-0.05, 0) is 18.9 Å². The Kier molecular flexibility index (Phi) is 4.04. The summed E-state index contributed by atoms with van der Waals surface area (Å²) in [5.41, 5.74) is 6.68. The van der Waals surface area contributed by atoms with E-state index in [1.807, 2.05) is 17.9 Å². The smallest absolute Gasteiger partial charge is 0.266 e. The molecule has 2 heterocycles. The summed E-state index contributed by atoms with van der Waals surface area (Å²) in [5.74, 6) is 0.469. The summed E-state index contributed by atoms with van der Waals surface area (Å²) in [6.45, 7) is 7.65. The summed E-state index contributed by atoms with van der Waals surface area (Å²) < 4.78 is 0.962. The summed E-state index contributed by atoms with van der Waals surface area (Å²) in [6.07, 6.45) is 3.46. The molecule has 0 radical (unpaired) electrons. The van der Waals surface area contributed by atoms with Crippen LogP contribution in [-0.4, -0.2) is 28.9 Å². The molecule has 0 aliphatic rings. The Bertz CT molecular complexity index is 591. The monoisotopic (exact) mass is 277 g/mol. The van der Waals surface area contributed by atoms with E-state index in [9.17, 15) is 4.79 Å². The number of carbonyl (C=O) groups is 1. The lowest BCUT2D eigenvalue weighted by Crippen LogP contribution is -2.33. The topological polar surface area (TPSA) is 59.2 Å². The van der Waals surface area contributed by atoms with Crippen LogP contribution in [0.25, 0.3) is 10.1 Å². The highest BCUT2D eigenvalue weighted by Crippen LogP contribution is 2.33. The highest BCUT2D eigenvalue weighted by molar-refractivity contribution is 7.21. The molecule has 0 saturated heterocycles. The minimum atomic E-state index is 0.0231. The maximum Gasteiger partial charge on any atom is 0.266 e. The van der Waals surface area contributed by atoms with Crippen LogP contribution in [0.1, 0.15) is 30.4 Å². The zero-order chi connectivity index (χ0) is 14.0. The molecule has 0 saturated carbocycles. The van der Waals surface area contributed by atoms with Crippen LogP contribution in [0.15, 0.2) is 18.5 Å². The number of hydrogen-bond donors (Lipinski definition) is 1. The number of amides is 1. The van der Waals surface area contributed by atoms with Crippen LogP contribution in [0, 0.1) is 5.92 Å². The number of thiophene rings is 1. The van der Waals surface area contributed by atoms with Gasteiger partial charge in [-0.3, -0.25) is 9.78 Å². The molecule has 0 bridgehead atoms. The summed E-state index contributed by atoms with van der Waals surface area (Å²) in [4.78, 5) is 19.1. The van der Waals surface area contributed by atoms with E-state index in [4.69, 9.17) is 5.73 Å². The van der Waals surface area contributed by atoms with Crippen molar-refractivity contribution in [1.82, 2.24) is 9.88 Å². The van der Waals surface area contributed by atoms with E-state index in [0.29, 0.717) is 23.0 Å². The lowest BCUT2D eigenvalue weighted by Gasteiger charge is -2.22. The molecule has 0 aromatic carbocycles. The van der Waals surface area contributed by atoms with Crippen molar-refractivity contribution in [2.45, 2.75) is 20.8 Å². The Labute approximate surface area is 117 Å². The first-order chi connectivity index (χ1) is 9.04. The third-order valence-corrected chi connectivity index (χ3v) is 4.12. The van der Waals surface area contributed by atoms with Gasteiger partial charge in [0.25, 0.3) is 5.91 Å². The number of rotatable bonds is 4. The van der Waals surface area contributed by atoms with E-state index in [-0.39, 0.29) is 5.91 Å². The predicted octanol–water partition coefficient (Wildman–Crippen LogP) is 3.00. The Hall–Kier alpha value is -1.62. The number of carbonyl (C=O) groups excluding carboxylic acids is 1. The van der Waals surface area contributed by atoms with Gasteiger partial charge in [0, 0.05) is 30.9 Å². The van der Waals surface area contributed by atoms with E-state index in [0.717, 1.165) is 16.6 Å². The molecule has 102 valence electrons. The van der Waals surface area contributed by atoms with E-state index in [2.05, 4.69) is 18.8 Å². The molecule has 0 aliphatic heterocycles. The fraction of sp³-hybridized carbons (Fsp3) is 0.429. The molecule has 4 nitrogen and oxygen atoms in total. The molecule has 2 rings (SSSR count). The molecule has 19 heavy (non-hydrogen) atoms. The maximum absolute atomic E-state index is 12.5. The number of nitrogens with zero attached hydrogens (tertiary/aromatic N) is 2. The molecule has 0 atom stereocenters. The van der Waals surface area contributed by atoms with Gasteiger partial charge in [-0.2, -0.15) is 0 Å². The zero-order valence-electron chi connectivity index (χ0n) is 11.5. The van der Waals surface area contributed by atoms with E-state index < -0.39 is 0 Å². The number of pyridine rings is 1. The van der Waals surface area contributed by atoms with Crippen molar-refractivity contribution >= 4 is 33.0 Å². The van der Waals surface area contributed by atoms with Crippen molar-refractivity contribution in [2.75, 3.05) is 18.8 Å². The van der Waals surface area contributed by atoms with Gasteiger partial charge in [-0.15, -0.1) is 11.3 Å². The molecule has 0 unspecified atom stereocenters. The van der Waals surface area contributed by atoms with Crippen molar-refractivity contribution < 1.29 is 4.79 Å². The Morgan fingerprint density at radius 3 is 2.84 bits per heavy atom. The van der Waals surface area contributed by atoms with Gasteiger partial charge < -0.3 is 10.6 Å². The maximum atomic E-state index is 12.5. The molecule has 1 amide bonds.